The summed E-state index contributed by atoms with van der Waals surface area (Å²) in [5, 5.41) is 10.6. The predicted octanol–water partition coefficient (Wildman–Crippen LogP) is 3.56. The maximum atomic E-state index is 9.00. The molecule has 0 amide bonds. The minimum Gasteiger partial charge on any atom is -0.481 e. The molecule has 0 atom stereocenters. The second kappa shape index (κ2) is 10.1. The smallest absolute Gasteiger partial charge is 0.300 e. The van der Waals surface area contributed by atoms with Crippen molar-refractivity contribution in [2.75, 3.05) is 5.32 Å². The first-order valence-corrected chi connectivity index (χ1v) is 6.11. The third-order valence-corrected chi connectivity index (χ3v) is 2.41. The minimum absolute atomic E-state index is 0. The summed E-state index contributed by atoms with van der Waals surface area (Å²) in [6.45, 7) is 1.08. The Bertz CT molecular complexity index is 528. The Morgan fingerprint density at radius 1 is 1.00 bits per heavy atom. The van der Waals surface area contributed by atoms with Gasteiger partial charge in [0.2, 0.25) is 0 Å². The van der Waals surface area contributed by atoms with Crippen LogP contribution in [0.2, 0.25) is 0 Å². The Morgan fingerprint density at radius 2 is 1.40 bits per heavy atom. The van der Waals surface area contributed by atoms with Gasteiger partial charge in [0, 0.05) is 35.2 Å². The first kappa shape index (κ1) is 18.3. The van der Waals surface area contributed by atoms with Crippen LogP contribution < -0.4 is 5.32 Å². The molecule has 0 saturated heterocycles. The van der Waals surface area contributed by atoms with Gasteiger partial charge in [-0.3, -0.25) is 4.79 Å². The van der Waals surface area contributed by atoms with Gasteiger partial charge in [-0.05, 0) is 12.1 Å². The van der Waals surface area contributed by atoms with Crippen molar-refractivity contribution in [1.29, 1.82) is 0 Å². The molecule has 0 aromatic heterocycles. The first-order chi connectivity index (χ1) is 9.09. The fourth-order valence-corrected chi connectivity index (χ4v) is 1.57. The van der Waals surface area contributed by atoms with Gasteiger partial charge in [0.25, 0.3) is 5.97 Å². The van der Waals surface area contributed by atoms with E-state index in [1.54, 1.807) is 0 Å². The van der Waals surface area contributed by atoms with Gasteiger partial charge < -0.3 is 10.4 Å². The number of carboxylic acid groups (broad SMARTS) is 1. The molecule has 0 unspecified atom stereocenters. The van der Waals surface area contributed by atoms with Gasteiger partial charge in [-0.1, -0.05) is 60.7 Å². The van der Waals surface area contributed by atoms with Crippen LogP contribution in [-0.4, -0.2) is 16.1 Å². The number of benzene rings is 2. The van der Waals surface area contributed by atoms with Crippen LogP contribution in [0, 0.1) is 0 Å². The van der Waals surface area contributed by atoms with Crippen LogP contribution in [0.1, 0.15) is 12.5 Å². The van der Waals surface area contributed by atoms with Gasteiger partial charge in [0.1, 0.15) is 4.99 Å². The topological polar surface area (TPSA) is 49.3 Å². The van der Waals surface area contributed by atoms with E-state index in [2.05, 4.69) is 5.32 Å². The molecule has 2 N–H and O–H groups in total. The van der Waals surface area contributed by atoms with Crippen LogP contribution in [0.3, 0.4) is 0 Å². The number of hydrogen-bond donors (Lipinski definition) is 2. The molecule has 0 bridgehead atoms. The van der Waals surface area contributed by atoms with Crippen molar-refractivity contribution in [2.45, 2.75) is 6.92 Å². The summed E-state index contributed by atoms with van der Waals surface area (Å²) in [7, 11) is 0. The van der Waals surface area contributed by atoms with E-state index in [1.807, 2.05) is 60.7 Å². The summed E-state index contributed by atoms with van der Waals surface area (Å²) in [4.78, 5) is 9.75. The average molecular weight is 337 g/mol. The fourth-order valence-electron chi connectivity index (χ4n) is 1.31. The first-order valence-electron chi connectivity index (χ1n) is 5.70. The molecule has 0 spiro atoms. The van der Waals surface area contributed by atoms with Gasteiger partial charge in [0.05, 0.1) is 0 Å². The molecule has 2 rings (SSSR count). The van der Waals surface area contributed by atoms with Crippen LogP contribution >= 0.6 is 12.2 Å². The van der Waals surface area contributed by atoms with Gasteiger partial charge in [0.15, 0.2) is 0 Å². The molecular weight excluding hydrogens is 322 g/mol. The summed E-state index contributed by atoms with van der Waals surface area (Å²) in [6.07, 6.45) is 0. The number of aliphatic carboxylic acids is 1. The van der Waals surface area contributed by atoms with Crippen molar-refractivity contribution in [3.05, 3.63) is 66.2 Å². The van der Waals surface area contributed by atoms with Gasteiger partial charge in [-0.25, -0.2) is 0 Å². The normalized spacial score (nSPS) is 8.45. The van der Waals surface area contributed by atoms with E-state index in [1.165, 1.54) is 0 Å². The summed E-state index contributed by atoms with van der Waals surface area (Å²) < 4.78 is 0. The molecule has 109 valence electrons. The van der Waals surface area contributed by atoms with Gasteiger partial charge in [-0.15, -0.1) is 0 Å². The Balaban J connectivity index is 0.000000644. The van der Waals surface area contributed by atoms with Crippen LogP contribution in [-0.2, 0) is 21.9 Å². The number of para-hydroxylation sites is 1. The van der Waals surface area contributed by atoms with Crippen molar-refractivity contribution in [3.63, 3.8) is 0 Å². The fraction of sp³-hybridized carbons (Fsp3) is 0.0667. The molecule has 1 radical (unpaired) electrons. The molecule has 2 aromatic carbocycles. The molecule has 0 aliphatic carbocycles. The largest absolute Gasteiger partial charge is 0.481 e. The third kappa shape index (κ3) is 7.69. The number of anilines is 1. The molecular formula is C15H15CuNO2S. The second-order valence-electron chi connectivity index (χ2n) is 3.71. The second-order valence-corrected chi connectivity index (χ2v) is 4.11. The van der Waals surface area contributed by atoms with Crippen LogP contribution in [0.25, 0.3) is 0 Å². The number of rotatable bonds is 2. The third-order valence-electron chi connectivity index (χ3n) is 2.07. The van der Waals surface area contributed by atoms with E-state index < -0.39 is 5.97 Å². The summed E-state index contributed by atoms with van der Waals surface area (Å²) >= 11 is 5.29. The zero-order chi connectivity index (χ0) is 14.1. The molecule has 0 saturated carbocycles. The Kier molecular flexibility index (Phi) is 9.30. The molecule has 0 aliphatic rings. The van der Waals surface area contributed by atoms with Gasteiger partial charge in [-0.2, -0.15) is 0 Å². The zero-order valence-electron chi connectivity index (χ0n) is 10.8. The Morgan fingerprint density at radius 3 is 1.85 bits per heavy atom. The summed E-state index contributed by atoms with van der Waals surface area (Å²) in [5.74, 6) is -0.833. The number of hydrogen-bond acceptors (Lipinski definition) is 2. The van der Waals surface area contributed by atoms with E-state index in [-0.39, 0.29) is 17.1 Å². The van der Waals surface area contributed by atoms with E-state index in [0.29, 0.717) is 0 Å². The van der Waals surface area contributed by atoms with Crippen molar-refractivity contribution in [1.82, 2.24) is 0 Å². The van der Waals surface area contributed by atoms with E-state index >= 15 is 0 Å². The number of nitrogens with one attached hydrogen (secondary N) is 1. The molecule has 3 nitrogen and oxygen atoms in total. The predicted molar refractivity (Wildman–Crippen MR) is 81.5 cm³/mol. The summed E-state index contributed by atoms with van der Waals surface area (Å²) in [6, 6.07) is 19.9. The molecule has 20 heavy (non-hydrogen) atoms. The Labute approximate surface area is 134 Å². The number of thiocarbonyl (C=S) groups is 1. The maximum Gasteiger partial charge on any atom is 0.300 e. The molecule has 2 aromatic rings. The monoisotopic (exact) mass is 336 g/mol. The van der Waals surface area contributed by atoms with Crippen LogP contribution in [0.5, 0.6) is 0 Å². The standard InChI is InChI=1S/C13H11NS.C2H4O2.Cu/c15-13(11-7-3-1-4-8-11)14-12-9-5-2-6-10-12;1-2(3)4;/h1-10H,(H,14,15);1H3,(H,3,4);. The maximum absolute atomic E-state index is 9.00. The van der Waals surface area contributed by atoms with E-state index in [4.69, 9.17) is 22.1 Å². The molecule has 0 heterocycles. The molecule has 0 fully saturated rings. The Hall–Kier alpha value is -1.68. The van der Waals surface area contributed by atoms with Crippen molar-refractivity contribution in [3.8, 4) is 0 Å². The zero-order valence-corrected chi connectivity index (χ0v) is 12.6. The quantitative estimate of drug-likeness (QED) is 0.650. The van der Waals surface area contributed by atoms with Crippen molar-refractivity contribution >= 4 is 28.9 Å². The molecule has 5 heteroatoms. The summed E-state index contributed by atoms with van der Waals surface area (Å²) in [5.41, 5.74) is 2.06. The number of carbonyl (C=O) groups is 1. The average Bonchev–Trinajstić information content (AvgIpc) is 2.40. The van der Waals surface area contributed by atoms with Gasteiger partial charge >= 0.3 is 0 Å². The van der Waals surface area contributed by atoms with Crippen molar-refractivity contribution in [2.24, 2.45) is 0 Å². The van der Waals surface area contributed by atoms with Crippen LogP contribution in [0.15, 0.2) is 60.7 Å². The van der Waals surface area contributed by atoms with Crippen LogP contribution in [0.4, 0.5) is 5.69 Å². The molecule has 0 aliphatic heterocycles. The van der Waals surface area contributed by atoms with Crippen molar-refractivity contribution < 1.29 is 27.0 Å². The van der Waals surface area contributed by atoms with E-state index in [0.717, 1.165) is 23.2 Å². The number of carboxylic acids is 1. The minimum atomic E-state index is -0.833. The SMILES string of the molecule is CC(=O)O.S=C(Nc1ccccc1)c1ccccc1.[Cu]. The van der Waals surface area contributed by atoms with E-state index in [9.17, 15) is 0 Å².